The Hall–Kier alpha value is -2.07. The van der Waals surface area contributed by atoms with Gasteiger partial charge in [0, 0.05) is 22.2 Å². The molecule has 0 heterocycles. The Morgan fingerprint density at radius 2 is 2.36 bits per heavy atom. The number of hydrogen-bond acceptors (Lipinski definition) is 3. The van der Waals surface area contributed by atoms with Crippen molar-refractivity contribution in [2.45, 2.75) is 13.3 Å². The highest BCUT2D eigenvalue weighted by Gasteiger charge is 2.11. The van der Waals surface area contributed by atoms with Crippen LogP contribution in [0, 0.1) is 10.1 Å². The third-order valence-electron chi connectivity index (χ3n) is 1.81. The van der Waals surface area contributed by atoms with Gasteiger partial charge in [-0.25, -0.2) is 0 Å². The van der Waals surface area contributed by atoms with Gasteiger partial charge in [-0.15, -0.1) is 0 Å². The molecule has 0 amide bonds. The minimum absolute atomic E-state index is 0.00241. The van der Waals surface area contributed by atoms with Crippen LogP contribution in [0.25, 0.3) is 10.4 Å². The van der Waals surface area contributed by atoms with Crippen molar-refractivity contribution < 1.29 is 4.92 Å². The summed E-state index contributed by atoms with van der Waals surface area (Å²) in [6.45, 7) is 1.83. The molecule has 0 unspecified atom stereocenters. The van der Waals surface area contributed by atoms with Gasteiger partial charge in [0.25, 0.3) is 5.69 Å². The highest BCUT2D eigenvalue weighted by molar-refractivity contribution is 5.51. The molecule has 1 aromatic rings. The fourth-order valence-corrected chi connectivity index (χ4v) is 1.14. The molecule has 0 N–H and O–H groups in total. The second-order valence-electron chi connectivity index (χ2n) is 2.61. The van der Waals surface area contributed by atoms with Gasteiger partial charge in [0.1, 0.15) is 0 Å². The second-order valence-corrected chi connectivity index (χ2v) is 2.61. The first-order valence-electron chi connectivity index (χ1n) is 4.01. The first-order valence-corrected chi connectivity index (χ1v) is 4.01. The maximum Gasteiger partial charge on any atom is 0.273 e. The molecule has 0 aliphatic carbocycles. The van der Waals surface area contributed by atoms with Crippen LogP contribution in [0.1, 0.15) is 12.5 Å². The SMILES string of the molecule is CCc1ccc(N=[N+]=[N-])cc1[N+](=O)[O-]. The zero-order valence-electron chi connectivity index (χ0n) is 7.54. The Bertz CT molecular complexity index is 410. The van der Waals surface area contributed by atoms with Crippen molar-refractivity contribution in [3.8, 4) is 0 Å². The van der Waals surface area contributed by atoms with Gasteiger partial charge in [0.2, 0.25) is 0 Å². The lowest BCUT2D eigenvalue weighted by Crippen LogP contribution is -1.93. The predicted octanol–water partition coefficient (Wildman–Crippen LogP) is 3.10. The van der Waals surface area contributed by atoms with Crippen molar-refractivity contribution in [2.75, 3.05) is 0 Å². The number of azide groups is 1. The van der Waals surface area contributed by atoms with Crippen LogP contribution in [0.15, 0.2) is 23.3 Å². The molecule has 1 aromatic carbocycles. The van der Waals surface area contributed by atoms with Crippen LogP contribution in [-0.2, 0) is 6.42 Å². The van der Waals surface area contributed by atoms with E-state index in [0.717, 1.165) is 0 Å². The first-order chi connectivity index (χ1) is 6.69. The molecule has 0 aromatic heterocycles. The van der Waals surface area contributed by atoms with Gasteiger partial charge in [0.05, 0.1) is 4.92 Å². The van der Waals surface area contributed by atoms with Crippen molar-refractivity contribution in [1.29, 1.82) is 0 Å². The summed E-state index contributed by atoms with van der Waals surface area (Å²) in [6, 6.07) is 4.44. The molecule has 0 saturated heterocycles. The number of nitro groups is 1. The van der Waals surface area contributed by atoms with E-state index in [1.165, 1.54) is 6.07 Å². The number of rotatable bonds is 3. The van der Waals surface area contributed by atoms with Crippen molar-refractivity contribution >= 4 is 11.4 Å². The lowest BCUT2D eigenvalue weighted by atomic mass is 10.1. The zero-order chi connectivity index (χ0) is 10.6. The Morgan fingerprint density at radius 3 is 2.86 bits per heavy atom. The molecule has 0 atom stereocenters. The minimum atomic E-state index is -0.477. The van der Waals surface area contributed by atoms with Gasteiger partial charge in [-0.05, 0) is 12.0 Å². The molecule has 6 heteroatoms. The van der Waals surface area contributed by atoms with E-state index in [4.69, 9.17) is 5.53 Å². The summed E-state index contributed by atoms with van der Waals surface area (Å²) < 4.78 is 0. The van der Waals surface area contributed by atoms with E-state index < -0.39 is 4.92 Å². The van der Waals surface area contributed by atoms with Crippen LogP contribution in [0.4, 0.5) is 11.4 Å². The van der Waals surface area contributed by atoms with Crippen LogP contribution in [0.5, 0.6) is 0 Å². The molecule has 0 aliphatic heterocycles. The van der Waals surface area contributed by atoms with Crippen molar-refractivity contribution in [3.63, 3.8) is 0 Å². The van der Waals surface area contributed by atoms with E-state index >= 15 is 0 Å². The van der Waals surface area contributed by atoms with Crippen LogP contribution in [0.2, 0.25) is 0 Å². The molecule has 0 aliphatic rings. The van der Waals surface area contributed by atoms with Gasteiger partial charge in [-0.3, -0.25) is 10.1 Å². The molecule has 0 fully saturated rings. The maximum absolute atomic E-state index is 10.6. The van der Waals surface area contributed by atoms with Gasteiger partial charge < -0.3 is 0 Å². The largest absolute Gasteiger partial charge is 0.273 e. The molecule has 1 rings (SSSR count). The van der Waals surface area contributed by atoms with E-state index in [2.05, 4.69) is 10.0 Å². The maximum atomic E-state index is 10.6. The third kappa shape index (κ3) is 1.99. The smallest absolute Gasteiger partial charge is 0.258 e. The van der Waals surface area contributed by atoms with Crippen LogP contribution in [0.3, 0.4) is 0 Å². The fraction of sp³-hybridized carbons (Fsp3) is 0.250. The van der Waals surface area contributed by atoms with Crippen LogP contribution >= 0.6 is 0 Å². The standard InChI is InChI=1S/C8H8N4O2/c1-2-6-3-4-7(10-11-9)5-8(6)12(13)14/h3-5H,2H2,1H3. The lowest BCUT2D eigenvalue weighted by molar-refractivity contribution is -0.385. The summed E-state index contributed by atoms with van der Waals surface area (Å²) in [5, 5.41) is 13.9. The summed E-state index contributed by atoms with van der Waals surface area (Å²) in [5.41, 5.74) is 9.05. The van der Waals surface area contributed by atoms with E-state index in [1.807, 2.05) is 6.92 Å². The highest BCUT2D eigenvalue weighted by Crippen LogP contribution is 2.25. The van der Waals surface area contributed by atoms with Gasteiger partial charge in [0.15, 0.2) is 0 Å². The quantitative estimate of drug-likeness (QED) is 0.242. The number of nitrogens with zero attached hydrogens (tertiary/aromatic N) is 4. The Labute approximate surface area is 79.9 Å². The summed E-state index contributed by atoms with van der Waals surface area (Å²) in [5.74, 6) is 0. The summed E-state index contributed by atoms with van der Waals surface area (Å²) >= 11 is 0. The Kier molecular flexibility index (Phi) is 3.04. The van der Waals surface area contributed by atoms with E-state index in [-0.39, 0.29) is 11.4 Å². The average Bonchev–Trinajstić information content (AvgIpc) is 2.18. The minimum Gasteiger partial charge on any atom is -0.258 e. The monoisotopic (exact) mass is 192 g/mol. The van der Waals surface area contributed by atoms with Crippen molar-refractivity contribution in [3.05, 3.63) is 44.3 Å². The summed E-state index contributed by atoms with van der Waals surface area (Å²) in [7, 11) is 0. The number of nitro benzene ring substituents is 1. The molecular formula is C8H8N4O2. The predicted molar refractivity (Wildman–Crippen MR) is 51.3 cm³/mol. The van der Waals surface area contributed by atoms with Gasteiger partial charge in [-0.2, -0.15) is 0 Å². The van der Waals surface area contributed by atoms with Crippen molar-refractivity contribution in [1.82, 2.24) is 0 Å². The normalized spacial score (nSPS) is 9.21. The molecule has 14 heavy (non-hydrogen) atoms. The molecule has 0 bridgehead atoms. The Morgan fingerprint density at radius 1 is 1.64 bits per heavy atom. The topological polar surface area (TPSA) is 91.9 Å². The van der Waals surface area contributed by atoms with Crippen LogP contribution < -0.4 is 0 Å². The van der Waals surface area contributed by atoms with E-state index in [1.54, 1.807) is 12.1 Å². The molecule has 72 valence electrons. The molecule has 0 spiro atoms. The first kappa shape index (κ1) is 10.0. The van der Waals surface area contributed by atoms with Crippen molar-refractivity contribution in [2.24, 2.45) is 5.11 Å². The van der Waals surface area contributed by atoms with E-state index in [0.29, 0.717) is 12.0 Å². The fourth-order valence-electron chi connectivity index (χ4n) is 1.14. The van der Waals surface area contributed by atoms with Gasteiger partial charge >= 0.3 is 0 Å². The van der Waals surface area contributed by atoms with Gasteiger partial charge in [-0.1, -0.05) is 24.2 Å². The number of hydrogen-bond donors (Lipinski definition) is 0. The van der Waals surface area contributed by atoms with E-state index in [9.17, 15) is 10.1 Å². The Balaban J connectivity index is 3.27. The summed E-state index contributed by atoms with van der Waals surface area (Å²) in [6.07, 6.45) is 0.576. The molecule has 6 nitrogen and oxygen atoms in total. The third-order valence-corrected chi connectivity index (χ3v) is 1.81. The summed E-state index contributed by atoms with van der Waals surface area (Å²) in [4.78, 5) is 12.7. The second kappa shape index (κ2) is 4.25. The molecule has 0 saturated carbocycles. The number of aryl methyl sites for hydroxylation is 1. The molecular weight excluding hydrogens is 184 g/mol. The average molecular weight is 192 g/mol. The number of benzene rings is 1. The van der Waals surface area contributed by atoms with Crippen LogP contribution in [-0.4, -0.2) is 4.92 Å². The lowest BCUT2D eigenvalue weighted by Gasteiger charge is -1.99. The zero-order valence-corrected chi connectivity index (χ0v) is 7.54. The highest BCUT2D eigenvalue weighted by atomic mass is 16.6. The molecule has 0 radical (unpaired) electrons.